The second-order valence-electron chi connectivity index (χ2n) is 12.1. The fourth-order valence-electron chi connectivity index (χ4n) is 5.83. The highest BCUT2D eigenvalue weighted by molar-refractivity contribution is 5.90. The van der Waals surface area contributed by atoms with E-state index in [4.69, 9.17) is 5.10 Å². The molecule has 1 heterocycles. The summed E-state index contributed by atoms with van der Waals surface area (Å²) in [7, 11) is 3.84. The Morgan fingerprint density at radius 3 is 2.86 bits per heavy atom. The minimum atomic E-state index is 0.0819. The van der Waals surface area contributed by atoms with Crippen LogP contribution in [0.25, 0.3) is 0 Å². The van der Waals surface area contributed by atoms with Gasteiger partial charge in [0, 0.05) is 37.7 Å². The van der Waals surface area contributed by atoms with Crippen molar-refractivity contribution in [3.05, 3.63) is 23.9 Å². The van der Waals surface area contributed by atoms with E-state index < -0.39 is 0 Å². The highest BCUT2D eigenvalue weighted by Gasteiger charge is 2.38. The molecule has 3 rings (SSSR count). The molecule has 1 fully saturated rings. The summed E-state index contributed by atoms with van der Waals surface area (Å²) in [5, 5.41) is 8.53. The number of carbonyl (C=O) groups excluding carboxylic acids is 2. The van der Waals surface area contributed by atoms with E-state index in [1.54, 1.807) is 4.90 Å². The average molecular weight is 500 g/mol. The van der Waals surface area contributed by atoms with Crippen LogP contribution in [0.5, 0.6) is 0 Å². The predicted octanol–water partition coefficient (Wildman–Crippen LogP) is 3.97. The Kier molecular flexibility index (Phi) is 10.3. The monoisotopic (exact) mass is 499 g/mol. The highest BCUT2D eigenvalue weighted by atomic mass is 16.2. The lowest BCUT2D eigenvalue weighted by atomic mass is 9.82. The van der Waals surface area contributed by atoms with Crippen molar-refractivity contribution in [2.24, 2.45) is 28.3 Å². The van der Waals surface area contributed by atoms with Gasteiger partial charge < -0.3 is 20.4 Å². The van der Waals surface area contributed by atoms with Crippen LogP contribution in [0, 0.1) is 23.2 Å². The summed E-state index contributed by atoms with van der Waals surface area (Å²) in [5.41, 5.74) is 6.03. The Balaban J connectivity index is 1.56. The normalized spacial score (nSPS) is 28.0. The standard InChI is InChI=1S/C29H49N5O2/c1-7-22-10-11-23(34(6)28(36)20-33(5)15-12-21(2)13-16-35)17-25(22)30-19-27-24-9-8-14-29(3,4)18-26(24)31-32-27/h10-11,16-17,21-22,24-26,30-31H,7-9,12-15,18-20H2,1-6H3. The van der Waals surface area contributed by atoms with Gasteiger partial charge in [0.2, 0.25) is 5.91 Å². The second kappa shape index (κ2) is 13.0. The van der Waals surface area contributed by atoms with Crippen LogP contribution in [-0.4, -0.2) is 73.5 Å². The van der Waals surface area contributed by atoms with Gasteiger partial charge in [-0.15, -0.1) is 0 Å². The third-order valence-corrected chi connectivity index (χ3v) is 8.41. The molecule has 5 atom stereocenters. The first kappa shape index (κ1) is 28.6. The first-order valence-corrected chi connectivity index (χ1v) is 14.0. The van der Waals surface area contributed by atoms with Gasteiger partial charge in [0.05, 0.1) is 18.3 Å². The van der Waals surface area contributed by atoms with E-state index in [1.165, 1.54) is 31.4 Å². The van der Waals surface area contributed by atoms with Crippen LogP contribution in [0.4, 0.5) is 0 Å². The zero-order chi connectivity index (χ0) is 26.3. The van der Waals surface area contributed by atoms with Crippen molar-refractivity contribution in [2.45, 2.75) is 84.7 Å². The molecule has 5 unspecified atom stereocenters. The lowest BCUT2D eigenvalue weighted by Crippen LogP contribution is -2.42. The third kappa shape index (κ3) is 7.75. The van der Waals surface area contributed by atoms with Gasteiger partial charge in [-0.05, 0) is 75.1 Å². The number of amides is 1. The maximum Gasteiger partial charge on any atom is 0.240 e. The predicted molar refractivity (Wildman–Crippen MR) is 148 cm³/mol. The van der Waals surface area contributed by atoms with E-state index in [0.29, 0.717) is 42.2 Å². The Labute approximate surface area is 218 Å². The number of nitrogens with zero attached hydrogens (tertiary/aromatic N) is 3. The second-order valence-corrected chi connectivity index (χ2v) is 12.1. The minimum absolute atomic E-state index is 0.0819. The number of rotatable bonds is 12. The molecular formula is C29H49N5O2. The van der Waals surface area contributed by atoms with Crippen LogP contribution in [-0.2, 0) is 9.59 Å². The largest absolute Gasteiger partial charge is 0.315 e. The van der Waals surface area contributed by atoms with Crippen LogP contribution in [0.15, 0.2) is 29.0 Å². The van der Waals surface area contributed by atoms with E-state index in [1.807, 2.05) is 19.0 Å². The number of fused-ring (bicyclic) bond motifs is 1. The van der Waals surface area contributed by atoms with Gasteiger partial charge in [-0.3, -0.25) is 9.69 Å². The van der Waals surface area contributed by atoms with Crippen molar-refractivity contribution in [1.29, 1.82) is 0 Å². The van der Waals surface area contributed by atoms with Gasteiger partial charge in [0.25, 0.3) is 0 Å². The molecule has 202 valence electrons. The number of aldehydes is 1. The van der Waals surface area contributed by atoms with Crippen molar-refractivity contribution in [3.8, 4) is 0 Å². The van der Waals surface area contributed by atoms with Crippen LogP contribution in [0.2, 0.25) is 0 Å². The van der Waals surface area contributed by atoms with Gasteiger partial charge >= 0.3 is 0 Å². The van der Waals surface area contributed by atoms with Crippen molar-refractivity contribution in [3.63, 3.8) is 0 Å². The summed E-state index contributed by atoms with van der Waals surface area (Å²) in [5.74, 6) is 1.35. The number of allylic oxidation sites excluding steroid dienone is 1. The number of hydrogen-bond donors (Lipinski definition) is 2. The quantitative estimate of drug-likeness (QED) is 0.397. The van der Waals surface area contributed by atoms with Gasteiger partial charge in [0.15, 0.2) is 0 Å². The summed E-state index contributed by atoms with van der Waals surface area (Å²) in [6.45, 7) is 11.0. The molecule has 7 nitrogen and oxygen atoms in total. The maximum absolute atomic E-state index is 13.0. The number of nitrogens with one attached hydrogen (secondary N) is 2. The number of carbonyl (C=O) groups is 2. The van der Waals surface area contributed by atoms with E-state index >= 15 is 0 Å². The Bertz CT molecular complexity index is 849. The first-order valence-electron chi connectivity index (χ1n) is 14.0. The van der Waals surface area contributed by atoms with Crippen molar-refractivity contribution in [1.82, 2.24) is 20.5 Å². The molecule has 3 aliphatic rings. The summed E-state index contributed by atoms with van der Waals surface area (Å²) in [4.78, 5) is 27.5. The molecule has 2 aliphatic carbocycles. The van der Waals surface area contributed by atoms with Crippen LogP contribution in [0.1, 0.15) is 72.6 Å². The number of likely N-dealkylation sites (N-methyl/N-ethyl adjacent to an activating group) is 2. The molecule has 36 heavy (non-hydrogen) atoms. The zero-order valence-electron chi connectivity index (χ0n) is 23.4. The molecule has 0 aromatic heterocycles. The topological polar surface area (TPSA) is 77.0 Å². The summed E-state index contributed by atoms with van der Waals surface area (Å²) >= 11 is 0. The molecule has 0 spiro atoms. The summed E-state index contributed by atoms with van der Waals surface area (Å²) in [6.07, 6.45) is 15.0. The summed E-state index contributed by atoms with van der Waals surface area (Å²) in [6, 6.07) is 0.636. The van der Waals surface area contributed by atoms with Crippen molar-refractivity contribution in [2.75, 3.05) is 33.7 Å². The van der Waals surface area contributed by atoms with E-state index in [-0.39, 0.29) is 11.9 Å². The Morgan fingerprint density at radius 2 is 2.14 bits per heavy atom. The van der Waals surface area contributed by atoms with Crippen LogP contribution in [0.3, 0.4) is 0 Å². The van der Waals surface area contributed by atoms with E-state index in [2.05, 4.69) is 56.7 Å². The molecule has 0 aromatic carbocycles. The molecule has 7 heteroatoms. The highest BCUT2D eigenvalue weighted by Crippen LogP contribution is 2.38. The van der Waals surface area contributed by atoms with Crippen molar-refractivity contribution < 1.29 is 9.59 Å². The fraction of sp³-hybridized carbons (Fsp3) is 0.759. The van der Waals surface area contributed by atoms with Gasteiger partial charge in [-0.2, -0.15) is 5.10 Å². The third-order valence-electron chi connectivity index (χ3n) is 8.41. The summed E-state index contributed by atoms with van der Waals surface area (Å²) < 4.78 is 0. The first-order chi connectivity index (χ1) is 17.1. The lowest BCUT2D eigenvalue weighted by Gasteiger charge is -2.31. The molecule has 1 saturated carbocycles. The van der Waals surface area contributed by atoms with Crippen LogP contribution < -0.4 is 10.7 Å². The van der Waals surface area contributed by atoms with Crippen molar-refractivity contribution >= 4 is 17.9 Å². The van der Waals surface area contributed by atoms with E-state index in [9.17, 15) is 9.59 Å². The molecule has 1 amide bonds. The average Bonchev–Trinajstić information content (AvgIpc) is 3.12. The minimum Gasteiger partial charge on any atom is -0.315 e. The van der Waals surface area contributed by atoms with Crippen LogP contribution >= 0.6 is 0 Å². The molecule has 1 aliphatic heterocycles. The van der Waals surface area contributed by atoms with E-state index in [0.717, 1.165) is 37.9 Å². The Morgan fingerprint density at radius 1 is 1.36 bits per heavy atom. The fourth-order valence-corrected chi connectivity index (χ4v) is 5.83. The number of hydrogen-bond acceptors (Lipinski definition) is 6. The van der Waals surface area contributed by atoms with Gasteiger partial charge in [0.1, 0.15) is 6.29 Å². The zero-order valence-corrected chi connectivity index (χ0v) is 23.4. The maximum atomic E-state index is 13.0. The molecule has 0 radical (unpaired) electrons. The van der Waals surface area contributed by atoms with Gasteiger partial charge in [-0.25, -0.2) is 0 Å². The molecule has 0 bridgehead atoms. The SMILES string of the molecule is CCC1C=CC(N(C)C(=O)CN(C)CCC(C)CC=O)=CC1NCC1=NNC2CC(C)(C)CCCC12. The van der Waals surface area contributed by atoms with Gasteiger partial charge in [-0.1, -0.05) is 40.2 Å². The smallest absolute Gasteiger partial charge is 0.240 e. The molecule has 0 saturated heterocycles. The molecular weight excluding hydrogens is 450 g/mol. The number of hydrazone groups is 1. The molecule has 0 aromatic rings. The molecule has 2 N–H and O–H groups in total. The Hall–Kier alpha value is -1.99. The lowest BCUT2D eigenvalue weighted by molar-refractivity contribution is -0.129.